The minimum atomic E-state index is -2.80. The minimum absolute atomic E-state index is 0.0662. The van der Waals surface area contributed by atoms with Gasteiger partial charge in [0.1, 0.15) is 5.82 Å². The fourth-order valence-electron chi connectivity index (χ4n) is 0.839. The molecule has 15 heavy (non-hydrogen) atoms. The number of hydrogen-bond acceptors (Lipinski definition) is 3. The predicted octanol–water partition coefficient (Wildman–Crippen LogP) is 1.41. The molecule has 0 rings (SSSR count). The summed E-state index contributed by atoms with van der Waals surface area (Å²) in [4.78, 5) is 13.7. The van der Waals surface area contributed by atoms with E-state index < -0.39 is 24.9 Å². The van der Waals surface area contributed by atoms with E-state index in [2.05, 4.69) is 23.6 Å². The molecule has 84 valence electrons. The Bertz CT molecular complexity index is 277. The maximum Gasteiger partial charge on any atom is 0.305 e. The highest BCUT2D eigenvalue weighted by molar-refractivity contribution is 5.67. The van der Waals surface area contributed by atoms with Crippen molar-refractivity contribution >= 4 is 12.7 Å². The lowest BCUT2D eigenvalue weighted by Gasteiger charge is -2.16. The van der Waals surface area contributed by atoms with E-state index in [0.717, 1.165) is 0 Å². The number of nitrogens with zero attached hydrogens (tertiary/aromatic N) is 1. The summed E-state index contributed by atoms with van der Waals surface area (Å²) in [6, 6.07) is -1.49. The van der Waals surface area contributed by atoms with Crippen LogP contribution in [0.3, 0.4) is 0 Å². The standard InChI is InChI=1S/C9H12F2N2O2/c1-3-4-7(12-2)13-6(9(10)11)5-8(14)15/h3-4,6,9,13H,1-2,5H2,(H,14,15)/b7-4+. The summed E-state index contributed by atoms with van der Waals surface area (Å²) in [7, 11) is 0. The Labute approximate surface area is 86.0 Å². The molecule has 1 atom stereocenters. The Morgan fingerprint density at radius 2 is 2.20 bits per heavy atom. The van der Waals surface area contributed by atoms with E-state index in [4.69, 9.17) is 5.11 Å². The number of carboxylic acids is 1. The van der Waals surface area contributed by atoms with Gasteiger partial charge in [0.25, 0.3) is 6.43 Å². The van der Waals surface area contributed by atoms with Crippen LogP contribution in [0.15, 0.2) is 29.5 Å². The third-order valence-electron chi connectivity index (χ3n) is 1.48. The first-order valence-electron chi connectivity index (χ1n) is 4.07. The molecule has 0 radical (unpaired) electrons. The molecular formula is C9H12F2N2O2. The summed E-state index contributed by atoms with van der Waals surface area (Å²) in [6.07, 6.45) is -0.831. The number of carboxylic acid groups (broad SMARTS) is 1. The molecule has 4 nitrogen and oxygen atoms in total. The van der Waals surface area contributed by atoms with E-state index in [0.29, 0.717) is 0 Å². The molecule has 0 heterocycles. The molecule has 0 amide bonds. The van der Waals surface area contributed by atoms with Crippen LogP contribution in [0.25, 0.3) is 0 Å². The number of halogens is 2. The maximum atomic E-state index is 12.4. The van der Waals surface area contributed by atoms with Crippen molar-refractivity contribution in [1.29, 1.82) is 0 Å². The minimum Gasteiger partial charge on any atom is -0.481 e. The second-order valence-electron chi connectivity index (χ2n) is 2.63. The number of aliphatic imine (C=N–C) groups is 1. The predicted molar refractivity (Wildman–Crippen MR) is 53.0 cm³/mol. The van der Waals surface area contributed by atoms with Crippen molar-refractivity contribution in [2.45, 2.75) is 18.9 Å². The van der Waals surface area contributed by atoms with Crippen LogP contribution in [-0.2, 0) is 4.79 Å². The van der Waals surface area contributed by atoms with E-state index in [1.807, 2.05) is 0 Å². The molecule has 0 aromatic carbocycles. The molecule has 0 saturated heterocycles. The lowest BCUT2D eigenvalue weighted by atomic mass is 10.2. The molecule has 0 aliphatic heterocycles. The van der Waals surface area contributed by atoms with E-state index in [1.54, 1.807) is 0 Å². The van der Waals surface area contributed by atoms with E-state index >= 15 is 0 Å². The van der Waals surface area contributed by atoms with Gasteiger partial charge in [-0.15, -0.1) is 0 Å². The Morgan fingerprint density at radius 1 is 1.60 bits per heavy atom. The van der Waals surface area contributed by atoms with Gasteiger partial charge < -0.3 is 10.4 Å². The lowest BCUT2D eigenvalue weighted by molar-refractivity contribution is -0.138. The number of allylic oxidation sites excluding steroid dienone is 2. The van der Waals surface area contributed by atoms with E-state index in [1.165, 1.54) is 12.2 Å². The first-order valence-corrected chi connectivity index (χ1v) is 4.07. The number of nitrogens with one attached hydrogen (secondary N) is 1. The van der Waals surface area contributed by atoms with Crippen LogP contribution in [0, 0.1) is 0 Å². The van der Waals surface area contributed by atoms with E-state index in [-0.39, 0.29) is 5.82 Å². The molecule has 0 saturated carbocycles. The molecule has 2 N–H and O–H groups in total. The van der Waals surface area contributed by atoms with Crippen molar-refractivity contribution in [3.8, 4) is 0 Å². The Kier molecular flexibility index (Phi) is 5.92. The first-order chi connectivity index (χ1) is 7.01. The Balaban J connectivity index is 4.51. The number of hydrogen-bond donors (Lipinski definition) is 2. The van der Waals surface area contributed by atoms with Crippen LogP contribution in [0.2, 0.25) is 0 Å². The average Bonchev–Trinajstić information content (AvgIpc) is 2.14. The molecule has 1 unspecified atom stereocenters. The zero-order chi connectivity index (χ0) is 11.8. The van der Waals surface area contributed by atoms with Gasteiger partial charge >= 0.3 is 5.97 Å². The summed E-state index contributed by atoms with van der Waals surface area (Å²) in [5.41, 5.74) is 0. The zero-order valence-electron chi connectivity index (χ0n) is 7.99. The van der Waals surface area contributed by atoms with Crippen molar-refractivity contribution in [2.24, 2.45) is 4.99 Å². The topological polar surface area (TPSA) is 61.7 Å². The fourth-order valence-corrected chi connectivity index (χ4v) is 0.839. The normalized spacial score (nSPS) is 13.4. The first kappa shape index (κ1) is 13.3. The number of rotatable bonds is 7. The van der Waals surface area contributed by atoms with Crippen molar-refractivity contribution in [2.75, 3.05) is 0 Å². The third kappa shape index (κ3) is 5.56. The molecule has 0 bridgehead atoms. The van der Waals surface area contributed by atoms with Gasteiger partial charge in [-0.2, -0.15) is 0 Å². The second kappa shape index (κ2) is 6.69. The van der Waals surface area contributed by atoms with E-state index in [9.17, 15) is 13.6 Å². The molecular weight excluding hydrogens is 206 g/mol. The van der Waals surface area contributed by atoms with Crippen molar-refractivity contribution < 1.29 is 18.7 Å². The smallest absolute Gasteiger partial charge is 0.305 e. The molecule has 6 heteroatoms. The van der Waals surface area contributed by atoms with Gasteiger partial charge in [-0.1, -0.05) is 12.7 Å². The summed E-state index contributed by atoms with van der Waals surface area (Å²) in [5, 5.41) is 10.7. The fraction of sp³-hybridized carbons (Fsp3) is 0.333. The van der Waals surface area contributed by atoms with Gasteiger partial charge in [-0.25, -0.2) is 13.8 Å². The molecule has 0 fully saturated rings. The van der Waals surface area contributed by atoms with Gasteiger partial charge in [0.2, 0.25) is 0 Å². The van der Waals surface area contributed by atoms with Crippen LogP contribution >= 0.6 is 0 Å². The van der Waals surface area contributed by atoms with Gasteiger partial charge in [0, 0.05) is 0 Å². The Morgan fingerprint density at radius 3 is 2.53 bits per heavy atom. The highest BCUT2D eigenvalue weighted by atomic mass is 19.3. The molecule has 0 aromatic heterocycles. The monoisotopic (exact) mass is 218 g/mol. The van der Waals surface area contributed by atoms with Crippen LogP contribution in [0.5, 0.6) is 0 Å². The SMILES string of the molecule is C=C/C=C(\N=C)NC(CC(=O)O)C(F)F. The molecule has 0 aromatic rings. The van der Waals surface area contributed by atoms with Crippen molar-refractivity contribution in [1.82, 2.24) is 5.32 Å². The largest absolute Gasteiger partial charge is 0.481 e. The lowest BCUT2D eigenvalue weighted by Crippen LogP contribution is -2.36. The van der Waals surface area contributed by atoms with Crippen LogP contribution < -0.4 is 5.32 Å². The van der Waals surface area contributed by atoms with Gasteiger partial charge in [0.15, 0.2) is 0 Å². The van der Waals surface area contributed by atoms with Crippen LogP contribution in [0.1, 0.15) is 6.42 Å². The average molecular weight is 218 g/mol. The molecule has 0 aliphatic rings. The summed E-state index contributed by atoms with van der Waals surface area (Å²) >= 11 is 0. The summed E-state index contributed by atoms with van der Waals surface area (Å²) in [5.74, 6) is -1.24. The number of alkyl halides is 2. The number of aliphatic carboxylic acids is 1. The zero-order valence-corrected chi connectivity index (χ0v) is 7.99. The van der Waals surface area contributed by atoms with Crippen LogP contribution in [-0.4, -0.2) is 30.3 Å². The highest BCUT2D eigenvalue weighted by Crippen LogP contribution is 2.08. The quantitative estimate of drug-likeness (QED) is 0.501. The molecule has 0 spiro atoms. The third-order valence-corrected chi connectivity index (χ3v) is 1.48. The summed E-state index contributed by atoms with van der Waals surface area (Å²) < 4.78 is 24.7. The van der Waals surface area contributed by atoms with Crippen LogP contribution in [0.4, 0.5) is 8.78 Å². The van der Waals surface area contributed by atoms with Crippen molar-refractivity contribution in [3.05, 3.63) is 24.6 Å². The van der Waals surface area contributed by atoms with Gasteiger partial charge in [0.05, 0.1) is 12.5 Å². The Hall–Kier alpha value is -1.72. The maximum absolute atomic E-state index is 12.4. The highest BCUT2D eigenvalue weighted by Gasteiger charge is 2.23. The summed E-state index contributed by atoms with van der Waals surface area (Å²) in [6.45, 7) is 6.50. The number of carbonyl (C=O) groups is 1. The van der Waals surface area contributed by atoms with Crippen molar-refractivity contribution in [3.63, 3.8) is 0 Å². The molecule has 0 aliphatic carbocycles. The van der Waals surface area contributed by atoms with Gasteiger partial charge in [-0.3, -0.25) is 4.79 Å². The van der Waals surface area contributed by atoms with Gasteiger partial charge in [-0.05, 0) is 12.8 Å². The second-order valence-corrected chi connectivity index (χ2v) is 2.63.